The van der Waals surface area contributed by atoms with Crippen LogP contribution in [0.15, 0.2) is 30.0 Å². The van der Waals surface area contributed by atoms with Crippen LogP contribution in [0, 0.1) is 6.92 Å². The summed E-state index contributed by atoms with van der Waals surface area (Å²) in [4.78, 5) is 15.5. The van der Waals surface area contributed by atoms with E-state index in [1.54, 1.807) is 20.3 Å². The van der Waals surface area contributed by atoms with Crippen molar-refractivity contribution < 1.29 is 23.7 Å². The van der Waals surface area contributed by atoms with E-state index >= 15 is 0 Å². The van der Waals surface area contributed by atoms with Crippen molar-refractivity contribution in [3.8, 4) is 23.0 Å². The molecule has 0 amide bonds. The molecule has 0 spiro atoms. The largest absolute Gasteiger partial charge is 0.493 e. The zero-order valence-corrected chi connectivity index (χ0v) is 18.2. The monoisotopic (exact) mass is 421 g/mol. The lowest BCUT2D eigenvalue weighted by molar-refractivity contribution is 0.0570. The third-order valence-corrected chi connectivity index (χ3v) is 6.51. The van der Waals surface area contributed by atoms with Gasteiger partial charge in [-0.1, -0.05) is 18.9 Å². The number of rotatable bonds is 4. The van der Waals surface area contributed by atoms with E-state index in [0.29, 0.717) is 41.3 Å². The number of methoxy groups -OCH3 is 2. The van der Waals surface area contributed by atoms with Crippen molar-refractivity contribution >= 4 is 11.9 Å². The second-order valence-corrected chi connectivity index (χ2v) is 8.38. The minimum absolute atomic E-state index is 0.103. The molecule has 162 valence electrons. The Bertz CT molecular complexity index is 1070. The Morgan fingerprint density at radius 1 is 1.06 bits per heavy atom. The van der Waals surface area contributed by atoms with Crippen LogP contribution in [0.2, 0.25) is 0 Å². The summed E-state index contributed by atoms with van der Waals surface area (Å²) < 4.78 is 22.8. The van der Waals surface area contributed by atoms with Crippen molar-refractivity contribution in [2.45, 2.75) is 45.2 Å². The number of carbonyl (C=O) groups is 1. The van der Waals surface area contributed by atoms with E-state index in [4.69, 9.17) is 18.9 Å². The summed E-state index contributed by atoms with van der Waals surface area (Å²) in [5.41, 5.74) is 3.38. The predicted molar refractivity (Wildman–Crippen MR) is 117 cm³/mol. The van der Waals surface area contributed by atoms with Crippen LogP contribution in [0.5, 0.6) is 23.0 Å². The number of carbonyl (C=O) groups excluding carboxylic acids is 1. The van der Waals surface area contributed by atoms with Gasteiger partial charge in [-0.3, -0.25) is 9.69 Å². The second kappa shape index (κ2) is 7.93. The number of Topliss-reactive ketones (excluding diaryl/α,β-unsaturated/α-hetero) is 1. The molecule has 0 atom stereocenters. The summed E-state index contributed by atoms with van der Waals surface area (Å²) in [5.74, 6) is 2.90. The summed E-state index contributed by atoms with van der Waals surface area (Å²) in [5, 5.41) is 0. The van der Waals surface area contributed by atoms with E-state index in [-0.39, 0.29) is 5.78 Å². The normalized spacial score (nSPS) is 19.7. The molecule has 2 aromatic carbocycles. The standard InChI is InChI=1S/C25H27NO5/c1-15-24-17(13-26(14-30-24)18-6-4-5-7-18)12-19-23(27)22(31-25(15)19)11-16-8-9-20(28-2)21(10-16)29-3/h8-12,18H,4-7,13-14H2,1-3H3/b22-11-. The van der Waals surface area contributed by atoms with Crippen LogP contribution in [0.25, 0.3) is 6.08 Å². The van der Waals surface area contributed by atoms with E-state index in [2.05, 4.69) is 4.90 Å². The third kappa shape index (κ3) is 3.45. The molecule has 1 fully saturated rings. The van der Waals surface area contributed by atoms with Crippen LogP contribution in [0.3, 0.4) is 0 Å². The molecule has 1 saturated carbocycles. The number of hydrogen-bond acceptors (Lipinski definition) is 6. The highest BCUT2D eigenvalue weighted by Crippen LogP contribution is 2.44. The molecule has 0 unspecified atom stereocenters. The molecule has 0 aromatic heterocycles. The summed E-state index contributed by atoms with van der Waals surface area (Å²) in [6.45, 7) is 3.38. The molecule has 2 aliphatic heterocycles. The number of fused-ring (bicyclic) bond motifs is 2. The molecule has 0 N–H and O–H groups in total. The van der Waals surface area contributed by atoms with E-state index in [1.165, 1.54) is 25.7 Å². The van der Waals surface area contributed by atoms with Crippen molar-refractivity contribution in [3.05, 3.63) is 52.3 Å². The first kappa shape index (κ1) is 19.9. The van der Waals surface area contributed by atoms with Gasteiger partial charge in [0.2, 0.25) is 5.78 Å². The van der Waals surface area contributed by atoms with E-state index in [1.807, 2.05) is 31.2 Å². The molecule has 5 rings (SSSR count). The Kier molecular flexibility index (Phi) is 5.10. The number of ether oxygens (including phenoxy) is 4. The van der Waals surface area contributed by atoms with Crippen LogP contribution in [0.1, 0.15) is 52.7 Å². The van der Waals surface area contributed by atoms with Crippen molar-refractivity contribution in [2.75, 3.05) is 21.0 Å². The third-order valence-electron chi connectivity index (χ3n) is 6.51. The molecule has 31 heavy (non-hydrogen) atoms. The quantitative estimate of drug-likeness (QED) is 0.666. The first-order valence-corrected chi connectivity index (χ1v) is 10.8. The van der Waals surface area contributed by atoms with Gasteiger partial charge in [0.05, 0.1) is 19.8 Å². The van der Waals surface area contributed by atoms with E-state index < -0.39 is 0 Å². The van der Waals surface area contributed by atoms with Gasteiger partial charge in [-0.2, -0.15) is 0 Å². The lowest BCUT2D eigenvalue weighted by atomic mass is 9.99. The van der Waals surface area contributed by atoms with Crippen LogP contribution in [0.4, 0.5) is 0 Å². The number of hydrogen-bond donors (Lipinski definition) is 0. The summed E-state index contributed by atoms with van der Waals surface area (Å²) in [6, 6.07) is 8.04. The molecule has 1 aliphatic carbocycles. The molecule has 2 heterocycles. The van der Waals surface area contributed by atoms with Crippen LogP contribution >= 0.6 is 0 Å². The van der Waals surface area contributed by atoms with Gasteiger partial charge in [0.15, 0.2) is 17.3 Å². The average Bonchev–Trinajstić information content (AvgIpc) is 3.43. The smallest absolute Gasteiger partial charge is 0.231 e. The molecule has 6 nitrogen and oxygen atoms in total. The van der Waals surface area contributed by atoms with Gasteiger partial charge in [0.25, 0.3) is 0 Å². The zero-order chi connectivity index (χ0) is 21.5. The Morgan fingerprint density at radius 3 is 2.58 bits per heavy atom. The highest BCUT2D eigenvalue weighted by Gasteiger charge is 2.35. The molecule has 2 aromatic rings. The molecule has 0 radical (unpaired) electrons. The first-order chi connectivity index (χ1) is 15.1. The molecule has 6 heteroatoms. The predicted octanol–water partition coefficient (Wildman–Crippen LogP) is 4.72. The number of benzene rings is 2. The van der Waals surface area contributed by atoms with Gasteiger partial charge < -0.3 is 18.9 Å². The molecule has 0 bridgehead atoms. The minimum Gasteiger partial charge on any atom is -0.493 e. The Balaban J connectivity index is 1.45. The fourth-order valence-electron chi connectivity index (χ4n) is 4.86. The van der Waals surface area contributed by atoms with Crippen molar-refractivity contribution in [1.29, 1.82) is 0 Å². The lowest BCUT2D eigenvalue weighted by Crippen LogP contribution is -2.39. The van der Waals surface area contributed by atoms with Gasteiger partial charge in [-0.15, -0.1) is 0 Å². The molecule has 0 saturated heterocycles. The lowest BCUT2D eigenvalue weighted by Gasteiger charge is -2.34. The Morgan fingerprint density at radius 2 is 1.84 bits per heavy atom. The SMILES string of the molecule is COc1ccc(/C=C2\Oc3c(cc4c(c3C)OCN(C3CCCC3)C4)C2=O)cc1OC. The minimum atomic E-state index is -0.103. The van der Waals surface area contributed by atoms with Gasteiger partial charge in [0, 0.05) is 23.7 Å². The summed E-state index contributed by atoms with van der Waals surface area (Å²) in [6.07, 6.45) is 6.77. The second-order valence-electron chi connectivity index (χ2n) is 8.38. The number of allylic oxidation sites excluding steroid dienone is 1. The van der Waals surface area contributed by atoms with Crippen molar-refractivity contribution in [3.63, 3.8) is 0 Å². The van der Waals surface area contributed by atoms with Crippen LogP contribution < -0.4 is 18.9 Å². The topological polar surface area (TPSA) is 57.2 Å². The van der Waals surface area contributed by atoms with Gasteiger partial charge >= 0.3 is 0 Å². The number of nitrogens with zero attached hydrogens (tertiary/aromatic N) is 1. The first-order valence-electron chi connectivity index (χ1n) is 10.8. The molecule has 3 aliphatic rings. The highest BCUT2D eigenvalue weighted by atomic mass is 16.5. The maximum absolute atomic E-state index is 13.2. The maximum atomic E-state index is 13.2. The van der Waals surface area contributed by atoms with Crippen LogP contribution in [-0.2, 0) is 6.54 Å². The Labute approximate surface area is 182 Å². The van der Waals surface area contributed by atoms with Crippen molar-refractivity contribution in [2.24, 2.45) is 0 Å². The molecular formula is C25H27NO5. The summed E-state index contributed by atoms with van der Waals surface area (Å²) >= 11 is 0. The number of ketones is 1. The van der Waals surface area contributed by atoms with E-state index in [9.17, 15) is 4.79 Å². The van der Waals surface area contributed by atoms with Gasteiger partial charge in [0.1, 0.15) is 18.2 Å². The van der Waals surface area contributed by atoms with Gasteiger partial charge in [-0.05, 0) is 49.6 Å². The highest BCUT2D eigenvalue weighted by molar-refractivity contribution is 6.15. The fraction of sp³-hybridized carbons (Fsp3) is 0.400. The summed E-state index contributed by atoms with van der Waals surface area (Å²) in [7, 11) is 3.18. The maximum Gasteiger partial charge on any atom is 0.231 e. The molecular weight excluding hydrogens is 394 g/mol. The van der Waals surface area contributed by atoms with E-state index in [0.717, 1.165) is 29.0 Å². The van der Waals surface area contributed by atoms with Crippen molar-refractivity contribution in [1.82, 2.24) is 4.90 Å². The zero-order valence-electron chi connectivity index (χ0n) is 18.2. The average molecular weight is 421 g/mol. The van der Waals surface area contributed by atoms with Crippen LogP contribution in [-0.4, -0.2) is 37.7 Å². The Hall–Kier alpha value is -2.99. The van der Waals surface area contributed by atoms with Gasteiger partial charge in [-0.25, -0.2) is 0 Å². The fourth-order valence-corrected chi connectivity index (χ4v) is 4.86.